The van der Waals surface area contributed by atoms with Gasteiger partial charge in [-0.1, -0.05) is 15.9 Å². The Bertz CT molecular complexity index is 333. The quantitative estimate of drug-likeness (QED) is 0.863. The lowest BCUT2D eigenvalue weighted by molar-refractivity contribution is 0.144. The van der Waals surface area contributed by atoms with Crippen molar-refractivity contribution in [1.82, 2.24) is 4.98 Å². The van der Waals surface area contributed by atoms with Crippen LogP contribution in [0.25, 0.3) is 0 Å². The van der Waals surface area contributed by atoms with Gasteiger partial charge in [-0.3, -0.25) is 0 Å². The second kappa shape index (κ2) is 5.14. The van der Waals surface area contributed by atoms with Gasteiger partial charge in [0.15, 0.2) is 0 Å². The number of halogens is 4. The van der Waals surface area contributed by atoms with Gasteiger partial charge in [-0.05, 0) is 27.6 Å². The molecule has 6 heteroatoms. The van der Waals surface area contributed by atoms with Crippen LogP contribution >= 0.6 is 31.9 Å². The molecule has 0 amide bonds. The van der Waals surface area contributed by atoms with Crippen LogP contribution < -0.4 is 0 Å². The van der Waals surface area contributed by atoms with E-state index >= 15 is 0 Å². The number of nitrogens with zero attached hydrogens (tertiary/aromatic N) is 1. The minimum Gasteiger partial charge on any atom is -0.390 e. The topological polar surface area (TPSA) is 33.1 Å². The number of aliphatic hydroxyl groups excluding tert-OH is 1. The van der Waals surface area contributed by atoms with E-state index in [2.05, 4.69) is 36.8 Å². The van der Waals surface area contributed by atoms with E-state index in [4.69, 9.17) is 5.11 Å². The van der Waals surface area contributed by atoms with Crippen molar-refractivity contribution < 1.29 is 13.9 Å². The van der Waals surface area contributed by atoms with E-state index in [1.54, 1.807) is 0 Å². The van der Waals surface area contributed by atoms with Gasteiger partial charge in [0.1, 0.15) is 5.69 Å². The molecule has 1 aromatic heterocycles. The summed E-state index contributed by atoms with van der Waals surface area (Å²) < 4.78 is 25.1. The number of alkyl halides is 3. The van der Waals surface area contributed by atoms with Gasteiger partial charge < -0.3 is 5.11 Å². The molecule has 1 aromatic rings. The van der Waals surface area contributed by atoms with E-state index in [1.807, 2.05) is 0 Å². The Hall–Kier alpha value is -0.0700. The van der Waals surface area contributed by atoms with E-state index in [-0.39, 0.29) is 22.5 Å². The highest BCUT2D eigenvalue weighted by atomic mass is 79.9. The minimum absolute atomic E-state index is 0.263. The molecule has 1 heterocycles. The van der Waals surface area contributed by atoms with E-state index < -0.39 is 6.43 Å². The van der Waals surface area contributed by atoms with Crippen molar-refractivity contribution in [2.24, 2.45) is 0 Å². The second-order valence-electron chi connectivity index (χ2n) is 2.55. The smallest absolute Gasteiger partial charge is 0.281 e. The Morgan fingerprint density at radius 2 is 2.14 bits per heavy atom. The van der Waals surface area contributed by atoms with Crippen molar-refractivity contribution >= 4 is 31.9 Å². The molecule has 0 fully saturated rings. The maximum Gasteiger partial charge on any atom is 0.281 e. The van der Waals surface area contributed by atoms with Gasteiger partial charge in [0, 0.05) is 9.80 Å². The molecule has 0 spiro atoms. The zero-order valence-corrected chi connectivity index (χ0v) is 10.1. The van der Waals surface area contributed by atoms with E-state index in [0.29, 0.717) is 10.9 Å². The predicted molar refractivity (Wildman–Crippen MR) is 55.4 cm³/mol. The molecule has 0 aromatic carbocycles. The summed E-state index contributed by atoms with van der Waals surface area (Å²) in [6.07, 6.45) is -2.64. The molecule has 0 unspecified atom stereocenters. The second-order valence-corrected chi connectivity index (χ2v) is 3.97. The summed E-state index contributed by atoms with van der Waals surface area (Å²) in [6.45, 7) is -0.339. The van der Waals surface area contributed by atoms with Gasteiger partial charge in [0.25, 0.3) is 6.43 Å². The molecule has 0 aliphatic carbocycles. The van der Waals surface area contributed by atoms with E-state index in [9.17, 15) is 8.78 Å². The molecule has 0 atom stereocenters. The van der Waals surface area contributed by atoms with Gasteiger partial charge in [0.2, 0.25) is 0 Å². The van der Waals surface area contributed by atoms with Crippen molar-refractivity contribution in [3.63, 3.8) is 0 Å². The lowest BCUT2D eigenvalue weighted by Crippen LogP contribution is -2.02. The van der Waals surface area contributed by atoms with Gasteiger partial charge in [-0.25, -0.2) is 13.8 Å². The van der Waals surface area contributed by atoms with Gasteiger partial charge in [0.05, 0.1) is 12.3 Å². The Labute approximate surface area is 96.6 Å². The van der Waals surface area contributed by atoms with Crippen LogP contribution in [0.4, 0.5) is 8.78 Å². The maximum atomic E-state index is 12.4. The normalized spacial score (nSPS) is 11.0. The summed E-state index contributed by atoms with van der Waals surface area (Å²) in [5.41, 5.74) is 0.642. The molecule has 0 aliphatic rings. The standard InChI is InChI=1S/C8H7Br2F2NO/c9-2-4-1-5(10)7(8(11)12)13-6(4)3-14/h1,8,14H,2-3H2. The third-order valence-electron chi connectivity index (χ3n) is 1.67. The number of hydrogen-bond acceptors (Lipinski definition) is 2. The first-order valence-electron chi connectivity index (χ1n) is 3.73. The van der Waals surface area contributed by atoms with E-state index in [1.165, 1.54) is 6.07 Å². The number of aliphatic hydroxyl groups is 1. The zero-order valence-electron chi connectivity index (χ0n) is 6.98. The molecule has 14 heavy (non-hydrogen) atoms. The van der Waals surface area contributed by atoms with Crippen molar-refractivity contribution in [3.05, 3.63) is 27.5 Å². The fourth-order valence-corrected chi connectivity index (χ4v) is 2.01. The summed E-state index contributed by atoms with van der Waals surface area (Å²) in [7, 11) is 0. The highest BCUT2D eigenvalue weighted by Gasteiger charge is 2.16. The molecule has 0 bridgehead atoms. The first-order valence-corrected chi connectivity index (χ1v) is 5.64. The molecule has 0 aliphatic heterocycles. The van der Waals surface area contributed by atoms with Gasteiger partial charge in [-0.2, -0.15) is 0 Å². The van der Waals surface area contributed by atoms with Crippen molar-refractivity contribution in [2.75, 3.05) is 0 Å². The molecule has 0 radical (unpaired) electrons. The van der Waals surface area contributed by atoms with Crippen molar-refractivity contribution in [2.45, 2.75) is 18.4 Å². The van der Waals surface area contributed by atoms with E-state index in [0.717, 1.165) is 0 Å². The van der Waals surface area contributed by atoms with Crippen molar-refractivity contribution in [3.8, 4) is 0 Å². The summed E-state index contributed by atoms with van der Waals surface area (Å²) in [4.78, 5) is 3.68. The zero-order chi connectivity index (χ0) is 10.7. The number of hydrogen-bond donors (Lipinski definition) is 1. The monoisotopic (exact) mass is 329 g/mol. The van der Waals surface area contributed by atoms with Crippen LogP contribution in [0.5, 0.6) is 0 Å². The van der Waals surface area contributed by atoms with Crippen LogP contribution in [0.2, 0.25) is 0 Å². The first kappa shape index (κ1) is 12.0. The lowest BCUT2D eigenvalue weighted by atomic mass is 10.2. The summed E-state index contributed by atoms with van der Waals surface area (Å²) in [5, 5.41) is 9.37. The predicted octanol–water partition coefficient (Wildman–Crippen LogP) is 3.17. The summed E-state index contributed by atoms with van der Waals surface area (Å²) in [6, 6.07) is 1.54. The molecule has 1 rings (SSSR count). The lowest BCUT2D eigenvalue weighted by Gasteiger charge is -2.08. The largest absolute Gasteiger partial charge is 0.390 e. The van der Waals surface area contributed by atoms with Crippen molar-refractivity contribution in [1.29, 1.82) is 0 Å². The molecule has 0 saturated heterocycles. The maximum absolute atomic E-state index is 12.4. The van der Waals surface area contributed by atoms with Crippen LogP contribution in [0.3, 0.4) is 0 Å². The Morgan fingerprint density at radius 3 is 2.57 bits per heavy atom. The van der Waals surface area contributed by atoms with Crippen LogP contribution in [-0.4, -0.2) is 10.1 Å². The number of rotatable bonds is 3. The highest BCUT2D eigenvalue weighted by molar-refractivity contribution is 9.10. The SMILES string of the molecule is OCc1nc(C(F)F)c(Br)cc1CBr. The molecular formula is C8H7Br2F2NO. The average molecular weight is 331 g/mol. The number of aromatic nitrogens is 1. The number of pyridine rings is 1. The van der Waals surface area contributed by atoms with Crippen LogP contribution in [-0.2, 0) is 11.9 Å². The molecular weight excluding hydrogens is 324 g/mol. The Kier molecular flexibility index (Phi) is 4.40. The first-order chi connectivity index (χ1) is 6.60. The minimum atomic E-state index is -2.64. The summed E-state index contributed by atoms with van der Waals surface area (Å²) in [5.74, 6) is 0. The molecule has 1 N–H and O–H groups in total. The Morgan fingerprint density at radius 1 is 1.50 bits per heavy atom. The fourth-order valence-electron chi connectivity index (χ4n) is 0.986. The summed E-state index contributed by atoms with van der Waals surface area (Å²) >= 11 is 6.19. The molecule has 0 saturated carbocycles. The highest BCUT2D eigenvalue weighted by Crippen LogP contribution is 2.28. The van der Waals surface area contributed by atoms with Crippen LogP contribution in [0.1, 0.15) is 23.4 Å². The van der Waals surface area contributed by atoms with Crippen LogP contribution in [0.15, 0.2) is 10.5 Å². The average Bonchev–Trinajstić information content (AvgIpc) is 2.16. The fraction of sp³-hybridized carbons (Fsp3) is 0.375. The molecule has 2 nitrogen and oxygen atoms in total. The third kappa shape index (κ3) is 2.49. The molecule has 78 valence electrons. The van der Waals surface area contributed by atoms with Crippen LogP contribution in [0, 0.1) is 0 Å². The third-order valence-corrected chi connectivity index (χ3v) is 2.91. The van der Waals surface area contributed by atoms with Gasteiger partial charge >= 0.3 is 0 Å². The Balaban J connectivity index is 3.23. The van der Waals surface area contributed by atoms with Gasteiger partial charge in [-0.15, -0.1) is 0 Å².